The quantitative estimate of drug-likeness (QED) is 0.436. The van der Waals surface area contributed by atoms with Crippen molar-refractivity contribution in [2.45, 2.75) is 48.0 Å². The molecule has 2 aromatic carbocycles. The van der Waals surface area contributed by atoms with Gasteiger partial charge in [0.1, 0.15) is 11.5 Å². The first-order valence-corrected chi connectivity index (χ1v) is 10.3. The Kier molecular flexibility index (Phi) is 8.60. The van der Waals surface area contributed by atoms with E-state index in [1.54, 1.807) is 0 Å². The highest BCUT2D eigenvalue weighted by Crippen LogP contribution is 2.31. The number of hydrogen-bond acceptors (Lipinski definition) is 3. The highest BCUT2D eigenvalue weighted by molar-refractivity contribution is 6.09. The molecule has 0 aliphatic carbocycles. The standard InChI is InChI=1S/C26H32N2O/c1-7-11-23(27-9-3)21-15-13-19(5)25(17-21)29-26-18-22(16-14-20(26)6)24(12-8-2)28-10-4/h7,10-18H,8-9H2,1-6H3/b11-7-,24-12-,27-23?,28-10?. The van der Waals surface area contributed by atoms with Crippen molar-refractivity contribution in [1.82, 2.24) is 0 Å². The van der Waals surface area contributed by atoms with E-state index in [-0.39, 0.29) is 0 Å². The monoisotopic (exact) mass is 388 g/mol. The van der Waals surface area contributed by atoms with Gasteiger partial charge in [-0.3, -0.25) is 9.98 Å². The first kappa shape index (κ1) is 22.4. The molecule has 0 aliphatic heterocycles. The zero-order valence-electron chi connectivity index (χ0n) is 18.5. The maximum Gasteiger partial charge on any atom is 0.131 e. The van der Waals surface area contributed by atoms with E-state index >= 15 is 0 Å². The van der Waals surface area contributed by atoms with Gasteiger partial charge >= 0.3 is 0 Å². The Balaban J connectivity index is 2.46. The zero-order valence-corrected chi connectivity index (χ0v) is 18.5. The molecule has 0 N–H and O–H groups in total. The smallest absolute Gasteiger partial charge is 0.131 e. The second-order valence-electron chi connectivity index (χ2n) is 6.81. The van der Waals surface area contributed by atoms with Crippen molar-refractivity contribution in [2.24, 2.45) is 9.98 Å². The van der Waals surface area contributed by atoms with Gasteiger partial charge in [-0.1, -0.05) is 43.3 Å². The molecule has 0 radical (unpaired) electrons. The van der Waals surface area contributed by atoms with Gasteiger partial charge in [0.05, 0.1) is 11.4 Å². The summed E-state index contributed by atoms with van der Waals surface area (Å²) < 4.78 is 6.38. The van der Waals surface area contributed by atoms with Gasteiger partial charge in [0.2, 0.25) is 0 Å². The molecule has 3 heteroatoms. The lowest BCUT2D eigenvalue weighted by atomic mass is 10.1. The molecule has 0 heterocycles. The van der Waals surface area contributed by atoms with E-state index in [0.29, 0.717) is 0 Å². The van der Waals surface area contributed by atoms with E-state index in [2.05, 4.69) is 73.2 Å². The Labute approximate surface area is 175 Å². The van der Waals surface area contributed by atoms with Gasteiger partial charge in [-0.25, -0.2) is 0 Å². The van der Waals surface area contributed by atoms with Crippen molar-refractivity contribution in [1.29, 1.82) is 0 Å². The molecule has 29 heavy (non-hydrogen) atoms. The molecular weight excluding hydrogens is 356 g/mol. The predicted molar refractivity (Wildman–Crippen MR) is 127 cm³/mol. The molecule has 0 bridgehead atoms. The van der Waals surface area contributed by atoms with Gasteiger partial charge in [-0.05, 0) is 70.4 Å². The molecule has 0 aromatic heterocycles. The summed E-state index contributed by atoms with van der Waals surface area (Å²) in [5.41, 5.74) is 6.23. The van der Waals surface area contributed by atoms with Crippen LogP contribution >= 0.6 is 0 Å². The molecule has 0 saturated carbocycles. The Morgan fingerprint density at radius 1 is 0.931 bits per heavy atom. The Bertz CT molecular complexity index is 872. The predicted octanol–water partition coefficient (Wildman–Crippen LogP) is 7.32. The van der Waals surface area contributed by atoms with Crippen molar-refractivity contribution in [3.8, 4) is 11.5 Å². The molecule has 0 saturated heterocycles. The van der Waals surface area contributed by atoms with Gasteiger partial charge < -0.3 is 4.74 Å². The summed E-state index contributed by atoms with van der Waals surface area (Å²) in [7, 11) is 0. The van der Waals surface area contributed by atoms with Crippen LogP contribution in [-0.2, 0) is 0 Å². The minimum atomic E-state index is 0.745. The summed E-state index contributed by atoms with van der Waals surface area (Å²) in [4.78, 5) is 9.12. The van der Waals surface area contributed by atoms with E-state index in [9.17, 15) is 0 Å². The van der Waals surface area contributed by atoms with E-state index in [1.165, 1.54) is 0 Å². The van der Waals surface area contributed by atoms with Crippen LogP contribution in [0.3, 0.4) is 0 Å². The highest BCUT2D eigenvalue weighted by atomic mass is 16.5. The lowest BCUT2D eigenvalue weighted by molar-refractivity contribution is 0.475. The number of ether oxygens (including phenoxy) is 1. The molecular formula is C26H32N2O. The van der Waals surface area contributed by atoms with E-state index in [1.807, 2.05) is 39.1 Å². The van der Waals surface area contributed by atoms with Crippen LogP contribution in [0.5, 0.6) is 11.5 Å². The topological polar surface area (TPSA) is 34.0 Å². The number of aryl methyl sites for hydroxylation is 2. The Morgan fingerprint density at radius 3 is 2.10 bits per heavy atom. The van der Waals surface area contributed by atoms with Crippen LogP contribution in [0.1, 0.15) is 56.4 Å². The first-order valence-electron chi connectivity index (χ1n) is 10.3. The lowest BCUT2D eigenvalue weighted by Gasteiger charge is -2.14. The summed E-state index contributed by atoms with van der Waals surface area (Å²) >= 11 is 0. The van der Waals surface area contributed by atoms with E-state index < -0.39 is 0 Å². The molecule has 0 aliphatic rings. The molecule has 0 amide bonds. The van der Waals surface area contributed by atoms with Gasteiger partial charge in [0.15, 0.2) is 0 Å². The van der Waals surface area contributed by atoms with Crippen molar-refractivity contribution in [3.63, 3.8) is 0 Å². The molecule has 0 atom stereocenters. The lowest BCUT2D eigenvalue weighted by Crippen LogP contribution is -2.00. The van der Waals surface area contributed by atoms with Crippen LogP contribution in [0.15, 0.2) is 64.6 Å². The summed E-state index contributed by atoms with van der Waals surface area (Å²) in [6, 6.07) is 12.5. The Hall–Kier alpha value is -2.94. The fraction of sp³-hybridized carbons (Fsp3) is 0.308. The maximum absolute atomic E-state index is 6.38. The van der Waals surface area contributed by atoms with E-state index in [0.717, 1.165) is 58.1 Å². The van der Waals surface area contributed by atoms with Crippen molar-refractivity contribution >= 4 is 17.6 Å². The second kappa shape index (κ2) is 11.2. The van der Waals surface area contributed by atoms with Crippen molar-refractivity contribution in [3.05, 3.63) is 76.9 Å². The minimum Gasteiger partial charge on any atom is -0.457 e. The fourth-order valence-electron chi connectivity index (χ4n) is 3.00. The minimum absolute atomic E-state index is 0.745. The van der Waals surface area contributed by atoms with Crippen LogP contribution in [0.25, 0.3) is 5.70 Å². The van der Waals surface area contributed by atoms with Crippen LogP contribution < -0.4 is 4.74 Å². The third-order valence-corrected chi connectivity index (χ3v) is 4.51. The number of hydrogen-bond donors (Lipinski definition) is 0. The van der Waals surface area contributed by atoms with Crippen molar-refractivity contribution < 1.29 is 4.74 Å². The molecule has 0 unspecified atom stereocenters. The van der Waals surface area contributed by atoms with Crippen LogP contribution in [0, 0.1) is 13.8 Å². The van der Waals surface area contributed by atoms with Gasteiger partial charge in [0.25, 0.3) is 0 Å². The number of rotatable bonds is 8. The van der Waals surface area contributed by atoms with Gasteiger partial charge in [-0.2, -0.15) is 0 Å². The van der Waals surface area contributed by atoms with Crippen LogP contribution in [0.4, 0.5) is 0 Å². The molecule has 2 aromatic rings. The van der Waals surface area contributed by atoms with Gasteiger partial charge in [-0.15, -0.1) is 0 Å². The zero-order chi connectivity index (χ0) is 21.2. The summed E-state index contributed by atoms with van der Waals surface area (Å²) in [6.45, 7) is 13.0. The maximum atomic E-state index is 6.38. The third-order valence-electron chi connectivity index (χ3n) is 4.51. The van der Waals surface area contributed by atoms with E-state index in [4.69, 9.17) is 4.74 Å². The fourth-order valence-corrected chi connectivity index (χ4v) is 3.00. The average molecular weight is 389 g/mol. The van der Waals surface area contributed by atoms with Crippen LogP contribution in [-0.4, -0.2) is 18.5 Å². The normalized spacial score (nSPS) is 12.9. The second-order valence-corrected chi connectivity index (χ2v) is 6.81. The number of nitrogens with zero attached hydrogens (tertiary/aromatic N) is 2. The molecule has 2 rings (SSSR count). The Morgan fingerprint density at radius 2 is 1.55 bits per heavy atom. The highest BCUT2D eigenvalue weighted by Gasteiger charge is 2.10. The van der Waals surface area contributed by atoms with Crippen LogP contribution in [0.2, 0.25) is 0 Å². The summed E-state index contributed by atoms with van der Waals surface area (Å²) in [6.07, 6.45) is 8.94. The summed E-state index contributed by atoms with van der Waals surface area (Å²) in [5, 5.41) is 0. The average Bonchev–Trinajstić information content (AvgIpc) is 2.71. The number of aliphatic imine (C=N–C) groups is 2. The molecule has 152 valence electrons. The largest absolute Gasteiger partial charge is 0.457 e. The third kappa shape index (κ3) is 6.02. The first-order chi connectivity index (χ1) is 14.0. The molecule has 0 fully saturated rings. The van der Waals surface area contributed by atoms with Crippen molar-refractivity contribution in [2.75, 3.05) is 6.54 Å². The number of allylic oxidation sites excluding steroid dienone is 3. The SMILES string of the molecule is CC=N/C(=C\CC)c1ccc(C)c(Oc2cc(C(/C=C\C)=NCC)ccc2C)c1. The summed E-state index contributed by atoms with van der Waals surface area (Å²) in [5.74, 6) is 1.69. The van der Waals surface area contributed by atoms with Gasteiger partial charge in [0, 0.05) is 23.9 Å². The number of benzene rings is 2. The molecule has 3 nitrogen and oxygen atoms in total. The molecule has 0 spiro atoms.